The van der Waals surface area contributed by atoms with Gasteiger partial charge in [-0.15, -0.1) is 0 Å². The van der Waals surface area contributed by atoms with E-state index in [4.69, 9.17) is 15.9 Å². The predicted molar refractivity (Wildman–Crippen MR) is 80.5 cm³/mol. The molecule has 4 nitrogen and oxygen atoms in total. The van der Waals surface area contributed by atoms with Crippen LogP contribution < -0.4 is 10.5 Å². The van der Waals surface area contributed by atoms with Crippen molar-refractivity contribution in [2.45, 2.75) is 26.2 Å². The number of aromatic nitrogens is 1. The average Bonchev–Trinajstić information content (AvgIpc) is 2.47. The highest BCUT2D eigenvalue weighted by Crippen LogP contribution is 2.31. The molecule has 0 aliphatic carbocycles. The molecule has 0 spiro atoms. The van der Waals surface area contributed by atoms with Gasteiger partial charge in [-0.25, -0.2) is 4.98 Å². The number of amidine groups is 1. The third-order valence-corrected chi connectivity index (χ3v) is 3.28. The van der Waals surface area contributed by atoms with Crippen LogP contribution in [0.15, 0.2) is 42.5 Å². The zero-order chi connectivity index (χ0) is 14.5. The van der Waals surface area contributed by atoms with Crippen LogP contribution in [0.25, 0.3) is 0 Å². The molecule has 1 aromatic carbocycles. The van der Waals surface area contributed by atoms with Crippen LogP contribution in [-0.2, 0) is 0 Å². The lowest BCUT2D eigenvalue weighted by atomic mass is 9.98. The van der Waals surface area contributed by atoms with E-state index in [9.17, 15) is 0 Å². The molecule has 3 N–H and O–H groups in total. The summed E-state index contributed by atoms with van der Waals surface area (Å²) in [6.45, 7) is 4.32. The lowest BCUT2D eigenvalue weighted by molar-refractivity contribution is 0.452. The zero-order valence-electron chi connectivity index (χ0n) is 11.8. The maximum absolute atomic E-state index is 7.41. The Morgan fingerprint density at radius 2 is 2.00 bits per heavy atom. The number of nitrogens with one attached hydrogen (secondary N) is 1. The second kappa shape index (κ2) is 6.19. The van der Waals surface area contributed by atoms with E-state index < -0.39 is 0 Å². The molecule has 104 valence electrons. The smallest absolute Gasteiger partial charge is 0.219 e. The lowest BCUT2D eigenvalue weighted by Crippen LogP contribution is -2.13. The van der Waals surface area contributed by atoms with Gasteiger partial charge in [0.1, 0.15) is 17.3 Å². The molecule has 0 amide bonds. The van der Waals surface area contributed by atoms with E-state index in [1.54, 1.807) is 18.2 Å². The number of benzene rings is 1. The monoisotopic (exact) mass is 269 g/mol. The molecule has 0 saturated heterocycles. The number of hydrogen-bond donors (Lipinski definition) is 2. The molecule has 0 radical (unpaired) electrons. The van der Waals surface area contributed by atoms with Crippen molar-refractivity contribution < 1.29 is 4.74 Å². The molecule has 0 aliphatic heterocycles. The number of para-hydroxylation sites is 1. The van der Waals surface area contributed by atoms with Crippen LogP contribution in [0.5, 0.6) is 11.6 Å². The van der Waals surface area contributed by atoms with Crippen LogP contribution in [-0.4, -0.2) is 10.8 Å². The Labute approximate surface area is 119 Å². The van der Waals surface area contributed by atoms with Crippen molar-refractivity contribution in [3.05, 3.63) is 53.7 Å². The lowest BCUT2D eigenvalue weighted by Gasteiger charge is -2.15. The van der Waals surface area contributed by atoms with Gasteiger partial charge in [-0.3, -0.25) is 5.41 Å². The van der Waals surface area contributed by atoms with E-state index in [2.05, 4.69) is 24.9 Å². The molecule has 2 rings (SSSR count). The Bertz CT molecular complexity index is 610. The maximum Gasteiger partial charge on any atom is 0.219 e. The number of pyridine rings is 1. The number of nitrogens with zero attached hydrogens (tertiary/aromatic N) is 1. The van der Waals surface area contributed by atoms with Gasteiger partial charge in [0.2, 0.25) is 5.88 Å². The van der Waals surface area contributed by atoms with Gasteiger partial charge in [-0.05, 0) is 30.0 Å². The molecule has 1 aromatic heterocycles. The largest absolute Gasteiger partial charge is 0.439 e. The molecular weight excluding hydrogens is 250 g/mol. The summed E-state index contributed by atoms with van der Waals surface area (Å²) in [5.41, 5.74) is 7.02. The summed E-state index contributed by atoms with van der Waals surface area (Å²) >= 11 is 0. The first kappa shape index (κ1) is 14.1. The maximum atomic E-state index is 7.41. The number of ether oxygens (including phenoxy) is 1. The minimum absolute atomic E-state index is 0.0642. The van der Waals surface area contributed by atoms with Crippen molar-refractivity contribution in [3.63, 3.8) is 0 Å². The highest BCUT2D eigenvalue weighted by molar-refractivity contribution is 5.93. The quantitative estimate of drug-likeness (QED) is 0.642. The van der Waals surface area contributed by atoms with Gasteiger partial charge in [0, 0.05) is 6.07 Å². The zero-order valence-corrected chi connectivity index (χ0v) is 11.8. The van der Waals surface area contributed by atoms with E-state index in [1.165, 1.54) is 0 Å². The minimum Gasteiger partial charge on any atom is -0.439 e. The Morgan fingerprint density at radius 3 is 2.70 bits per heavy atom. The molecule has 20 heavy (non-hydrogen) atoms. The standard InChI is InChI=1S/C16H19N3O/c1-3-11(2)12-7-4-5-9-14(12)20-15-10-6-8-13(19-15)16(17)18/h4-11H,3H2,1-2H3,(H3,17,18). The number of rotatable bonds is 5. The fourth-order valence-corrected chi connectivity index (χ4v) is 1.93. The van der Waals surface area contributed by atoms with Gasteiger partial charge < -0.3 is 10.5 Å². The van der Waals surface area contributed by atoms with Crippen LogP contribution in [0.1, 0.15) is 37.4 Å². The topological polar surface area (TPSA) is 72.0 Å². The van der Waals surface area contributed by atoms with Crippen LogP contribution >= 0.6 is 0 Å². The van der Waals surface area contributed by atoms with Gasteiger partial charge in [0.05, 0.1) is 0 Å². The first-order valence-corrected chi connectivity index (χ1v) is 6.70. The molecule has 1 atom stereocenters. The summed E-state index contributed by atoms with van der Waals surface area (Å²) in [4.78, 5) is 4.22. The van der Waals surface area contributed by atoms with Crippen LogP contribution in [0.3, 0.4) is 0 Å². The minimum atomic E-state index is -0.0642. The van der Waals surface area contributed by atoms with Crippen molar-refractivity contribution in [3.8, 4) is 11.6 Å². The molecule has 0 fully saturated rings. The Hall–Kier alpha value is -2.36. The summed E-state index contributed by atoms with van der Waals surface area (Å²) in [6, 6.07) is 13.2. The van der Waals surface area contributed by atoms with Crippen LogP contribution in [0.2, 0.25) is 0 Å². The van der Waals surface area contributed by atoms with Crippen LogP contribution in [0.4, 0.5) is 0 Å². The molecule has 0 aliphatic rings. The molecule has 1 heterocycles. The van der Waals surface area contributed by atoms with Crippen molar-refractivity contribution in [2.75, 3.05) is 0 Å². The van der Waals surface area contributed by atoms with E-state index >= 15 is 0 Å². The normalized spacial score (nSPS) is 11.9. The highest BCUT2D eigenvalue weighted by Gasteiger charge is 2.11. The summed E-state index contributed by atoms with van der Waals surface area (Å²) in [5.74, 6) is 1.61. The molecule has 0 saturated carbocycles. The van der Waals surface area contributed by atoms with Crippen molar-refractivity contribution in [1.82, 2.24) is 4.98 Å². The van der Waals surface area contributed by atoms with Crippen LogP contribution in [0, 0.1) is 5.41 Å². The van der Waals surface area contributed by atoms with Gasteiger partial charge >= 0.3 is 0 Å². The van der Waals surface area contributed by atoms with Crippen molar-refractivity contribution >= 4 is 5.84 Å². The van der Waals surface area contributed by atoms with Crippen molar-refractivity contribution in [1.29, 1.82) is 5.41 Å². The first-order chi connectivity index (χ1) is 9.61. The summed E-state index contributed by atoms with van der Waals surface area (Å²) in [6.07, 6.45) is 1.04. The van der Waals surface area contributed by atoms with E-state index in [0.29, 0.717) is 17.5 Å². The third-order valence-electron chi connectivity index (χ3n) is 3.28. The Morgan fingerprint density at radius 1 is 1.25 bits per heavy atom. The molecule has 2 aromatic rings. The van der Waals surface area contributed by atoms with E-state index in [-0.39, 0.29) is 5.84 Å². The van der Waals surface area contributed by atoms with E-state index in [1.807, 2.05) is 18.2 Å². The second-order valence-electron chi connectivity index (χ2n) is 4.72. The van der Waals surface area contributed by atoms with Crippen molar-refractivity contribution in [2.24, 2.45) is 5.73 Å². The average molecular weight is 269 g/mol. The second-order valence-corrected chi connectivity index (χ2v) is 4.72. The van der Waals surface area contributed by atoms with Gasteiger partial charge in [-0.2, -0.15) is 0 Å². The number of hydrogen-bond acceptors (Lipinski definition) is 3. The third kappa shape index (κ3) is 3.15. The molecule has 1 unspecified atom stereocenters. The molecular formula is C16H19N3O. The summed E-state index contributed by atoms with van der Waals surface area (Å²) in [5, 5.41) is 7.41. The Balaban J connectivity index is 2.30. The SMILES string of the molecule is CCC(C)c1ccccc1Oc1cccc(C(=N)N)n1. The number of nitrogen functional groups attached to an aromatic ring is 1. The number of nitrogens with two attached hydrogens (primary N) is 1. The van der Waals surface area contributed by atoms with Gasteiger partial charge in [0.15, 0.2) is 0 Å². The van der Waals surface area contributed by atoms with E-state index in [0.717, 1.165) is 17.7 Å². The Kier molecular flexibility index (Phi) is 4.35. The summed E-state index contributed by atoms with van der Waals surface area (Å²) in [7, 11) is 0. The van der Waals surface area contributed by atoms with Gasteiger partial charge in [0.25, 0.3) is 0 Å². The first-order valence-electron chi connectivity index (χ1n) is 6.70. The highest BCUT2D eigenvalue weighted by atomic mass is 16.5. The van der Waals surface area contributed by atoms with Gasteiger partial charge in [-0.1, -0.05) is 38.1 Å². The predicted octanol–water partition coefficient (Wildman–Crippen LogP) is 3.67. The molecule has 4 heteroatoms. The summed E-state index contributed by atoms with van der Waals surface area (Å²) < 4.78 is 5.86. The fraction of sp³-hybridized carbons (Fsp3) is 0.250. The fourth-order valence-electron chi connectivity index (χ4n) is 1.93. The molecule has 0 bridgehead atoms.